The van der Waals surface area contributed by atoms with Gasteiger partial charge in [-0.25, -0.2) is 4.98 Å². The Kier molecular flexibility index (Phi) is 6.27. The molecule has 0 radical (unpaired) electrons. The van der Waals surface area contributed by atoms with Crippen molar-refractivity contribution >= 4 is 28.1 Å². The predicted molar refractivity (Wildman–Crippen MR) is 108 cm³/mol. The van der Waals surface area contributed by atoms with Gasteiger partial charge in [-0.05, 0) is 32.4 Å². The molecule has 1 fully saturated rings. The summed E-state index contributed by atoms with van der Waals surface area (Å²) in [5, 5.41) is 6.09. The number of aromatic nitrogens is 1. The maximum absolute atomic E-state index is 11.9. The third kappa shape index (κ3) is 4.83. The zero-order valence-corrected chi connectivity index (χ0v) is 16.5. The molecule has 3 rings (SSSR count). The maximum Gasteiger partial charge on any atom is 0.224 e. The number of hydrogen-bond acceptors (Lipinski definition) is 5. The molecule has 6 heteroatoms. The standard InChI is InChI=1S/C20H27N3O2S/c1-4-5-9-19(24)21-17-8-6-7-16(10-17)18-13-26-20(22-18)23-11-14(2)25-15(3)12-23/h6-8,10,13-15H,4-5,9,11-12H2,1-3H3,(H,21,24). The normalized spacial score (nSPS) is 20.2. The second-order valence-electron chi connectivity index (χ2n) is 6.91. The lowest BCUT2D eigenvalue weighted by Crippen LogP contribution is -2.45. The van der Waals surface area contributed by atoms with Crippen molar-refractivity contribution in [2.45, 2.75) is 52.2 Å². The van der Waals surface area contributed by atoms with Crippen molar-refractivity contribution in [2.75, 3.05) is 23.3 Å². The van der Waals surface area contributed by atoms with E-state index in [1.165, 1.54) is 0 Å². The summed E-state index contributed by atoms with van der Waals surface area (Å²) >= 11 is 1.66. The zero-order valence-electron chi connectivity index (χ0n) is 15.7. The van der Waals surface area contributed by atoms with Crippen LogP contribution in [0.3, 0.4) is 0 Å². The van der Waals surface area contributed by atoms with Crippen molar-refractivity contribution in [3.63, 3.8) is 0 Å². The molecule has 5 nitrogen and oxygen atoms in total. The molecule has 1 amide bonds. The number of unbranched alkanes of at least 4 members (excludes halogenated alkanes) is 1. The molecule has 1 N–H and O–H groups in total. The summed E-state index contributed by atoms with van der Waals surface area (Å²) in [6, 6.07) is 7.91. The van der Waals surface area contributed by atoms with E-state index in [1.807, 2.05) is 24.3 Å². The highest BCUT2D eigenvalue weighted by Gasteiger charge is 2.24. The molecule has 2 aromatic rings. The molecule has 1 aliphatic heterocycles. The van der Waals surface area contributed by atoms with Gasteiger partial charge >= 0.3 is 0 Å². The summed E-state index contributed by atoms with van der Waals surface area (Å²) in [4.78, 5) is 19.1. The van der Waals surface area contributed by atoms with Gasteiger partial charge in [-0.3, -0.25) is 4.79 Å². The highest BCUT2D eigenvalue weighted by atomic mass is 32.1. The van der Waals surface area contributed by atoms with E-state index in [4.69, 9.17) is 9.72 Å². The van der Waals surface area contributed by atoms with Crippen molar-refractivity contribution in [1.29, 1.82) is 0 Å². The zero-order chi connectivity index (χ0) is 18.5. The van der Waals surface area contributed by atoms with Crippen molar-refractivity contribution < 1.29 is 9.53 Å². The van der Waals surface area contributed by atoms with Gasteiger partial charge in [0.25, 0.3) is 0 Å². The van der Waals surface area contributed by atoms with Gasteiger partial charge in [-0.15, -0.1) is 11.3 Å². The van der Waals surface area contributed by atoms with Crippen LogP contribution in [0, 0.1) is 0 Å². The first-order chi connectivity index (χ1) is 12.5. The summed E-state index contributed by atoms with van der Waals surface area (Å²) < 4.78 is 5.80. The summed E-state index contributed by atoms with van der Waals surface area (Å²) in [5.41, 5.74) is 2.79. The SMILES string of the molecule is CCCCC(=O)Nc1cccc(-c2csc(N3CC(C)OC(C)C3)n2)c1. The molecule has 0 aliphatic carbocycles. The van der Waals surface area contributed by atoms with Gasteiger partial charge < -0.3 is 15.0 Å². The van der Waals surface area contributed by atoms with Crippen LogP contribution in [-0.2, 0) is 9.53 Å². The van der Waals surface area contributed by atoms with Crippen molar-refractivity contribution in [3.05, 3.63) is 29.6 Å². The van der Waals surface area contributed by atoms with Crippen LogP contribution in [0.25, 0.3) is 11.3 Å². The van der Waals surface area contributed by atoms with Crippen LogP contribution in [-0.4, -0.2) is 36.2 Å². The molecule has 1 aromatic carbocycles. The van der Waals surface area contributed by atoms with E-state index in [0.29, 0.717) is 6.42 Å². The predicted octanol–water partition coefficient (Wildman–Crippen LogP) is 4.55. The van der Waals surface area contributed by atoms with E-state index < -0.39 is 0 Å². The fourth-order valence-corrected chi connectivity index (χ4v) is 4.05. The van der Waals surface area contributed by atoms with Gasteiger partial charge in [-0.1, -0.05) is 25.5 Å². The quantitative estimate of drug-likeness (QED) is 0.807. The third-order valence-corrected chi connectivity index (χ3v) is 5.28. The Morgan fingerprint density at radius 2 is 2.12 bits per heavy atom. The lowest BCUT2D eigenvalue weighted by atomic mass is 10.1. The first kappa shape index (κ1) is 18.9. The van der Waals surface area contributed by atoms with Crippen LogP contribution in [0.5, 0.6) is 0 Å². The third-order valence-electron chi connectivity index (χ3n) is 4.38. The van der Waals surface area contributed by atoms with E-state index in [-0.39, 0.29) is 18.1 Å². The van der Waals surface area contributed by atoms with Crippen LogP contribution in [0.15, 0.2) is 29.6 Å². The molecule has 0 bridgehead atoms. The van der Waals surface area contributed by atoms with Gasteiger partial charge in [0.15, 0.2) is 5.13 Å². The fraction of sp³-hybridized carbons (Fsp3) is 0.500. The van der Waals surface area contributed by atoms with Crippen LogP contribution in [0.2, 0.25) is 0 Å². The average Bonchev–Trinajstić information content (AvgIpc) is 3.09. The largest absolute Gasteiger partial charge is 0.372 e. The highest BCUT2D eigenvalue weighted by molar-refractivity contribution is 7.14. The lowest BCUT2D eigenvalue weighted by molar-refractivity contribution is -0.116. The Bertz CT molecular complexity index is 736. The number of morpholine rings is 1. The molecule has 1 aromatic heterocycles. The van der Waals surface area contributed by atoms with Crippen molar-refractivity contribution in [1.82, 2.24) is 4.98 Å². The van der Waals surface area contributed by atoms with Gasteiger partial charge in [0.2, 0.25) is 5.91 Å². The monoisotopic (exact) mass is 373 g/mol. The van der Waals surface area contributed by atoms with E-state index >= 15 is 0 Å². The number of nitrogens with zero attached hydrogens (tertiary/aromatic N) is 2. The minimum absolute atomic E-state index is 0.0688. The molecule has 2 heterocycles. The summed E-state index contributed by atoms with van der Waals surface area (Å²) in [6.07, 6.45) is 2.93. The molecule has 1 aliphatic rings. The first-order valence-electron chi connectivity index (χ1n) is 9.31. The maximum atomic E-state index is 11.9. The number of thiazole rings is 1. The Labute approximate surface area is 159 Å². The Hall–Kier alpha value is -1.92. The van der Waals surface area contributed by atoms with Gasteiger partial charge in [0.05, 0.1) is 17.9 Å². The Balaban J connectivity index is 1.71. The van der Waals surface area contributed by atoms with Gasteiger partial charge in [0, 0.05) is 36.1 Å². The number of carbonyl (C=O) groups is 1. The number of nitrogens with one attached hydrogen (secondary N) is 1. The van der Waals surface area contributed by atoms with Crippen LogP contribution in [0.4, 0.5) is 10.8 Å². The second-order valence-corrected chi connectivity index (χ2v) is 7.75. The van der Waals surface area contributed by atoms with E-state index in [9.17, 15) is 4.79 Å². The summed E-state index contributed by atoms with van der Waals surface area (Å²) in [7, 11) is 0. The number of anilines is 2. The van der Waals surface area contributed by atoms with E-state index in [1.54, 1.807) is 11.3 Å². The van der Waals surface area contributed by atoms with E-state index in [0.717, 1.165) is 48.0 Å². The van der Waals surface area contributed by atoms with Crippen molar-refractivity contribution in [2.24, 2.45) is 0 Å². The topological polar surface area (TPSA) is 54.5 Å². The van der Waals surface area contributed by atoms with Crippen LogP contribution < -0.4 is 10.2 Å². The van der Waals surface area contributed by atoms with Crippen LogP contribution >= 0.6 is 11.3 Å². The number of ether oxygens (including phenoxy) is 1. The smallest absolute Gasteiger partial charge is 0.224 e. The fourth-order valence-electron chi connectivity index (χ4n) is 3.19. The molecule has 26 heavy (non-hydrogen) atoms. The number of hydrogen-bond donors (Lipinski definition) is 1. The first-order valence-corrected chi connectivity index (χ1v) is 10.2. The van der Waals surface area contributed by atoms with Crippen LogP contribution in [0.1, 0.15) is 40.0 Å². The molecule has 0 saturated carbocycles. The molecular weight excluding hydrogens is 346 g/mol. The molecule has 140 valence electrons. The molecule has 2 unspecified atom stereocenters. The van der Waals surface area contributed by atoms with E-state index in [2.05, 4.69) is 36.4 Å². The minimum atomic E-state index is 0.0688. The van der Waals surface area contributed by atoms with Gasteiger partial charge in [-0.2, -0.15) is 0 Å². The number of carbonyl (C=O) groups excluding carboxylic acids is 1. The lowest BCUT2D eigenvalue weighted by Gasteiger charge is -2.35. The number of rotatable bonds is 6. The van der Waals surface area contributed by atoms with Gasteiger partial charge in [0.1, 0.15) is 0 Å². The molecular formula is C20H27N3O2S. The minimum Gasteiger partial charge on any atom is -0.372 e. The molecule has 1 saturated heterocycles. The Morgan fingerprint density at radius 3 is 2.85 bits per heavy atom. The molecule has 0 spiro atoms. The molecule has 2 atom stereocenters. The average molecular weight is 374 g/mol. The van der Waals surface area contributed by atoms with Crippen molar-refractivity contribution in [3.8, 4) is 11.3 Å². The number of benzene rings is 1. The highest BCUT2D eigenvalue weighted by Crippen LogP contribution is 2.30. The second kappa shape index (κ2) is 8.64. The Morgan fingerprint density at radius 1 is 1.35 bits per heavy atom. The number of amides is 1. The summed E-state index contributed by atoms with van der Waals surface area (Å²) in [6.45, 7) is 8.02. The summed E-state index contributed by atoms with van der Waals surface area (Å²) in [5.74, 6) is 0.0688.